The Balaban J connectivity index is 1.86. The van der Waals surface area contributed by atoms with Crippen LogP contribution in [0.15, 0.2) is 65.1 Å². The van der Waals surface area contributed by atoms with E-state index in [1.54, 1.807) is 0 Å². The molecule has 1 atom stereocenters. The van der Waals surface area contributed by atoms with E-state index in [0.717, 1.165) is 11.1 Å². The summed E-state index contributed by atoms with van der Waals surface area (Å²) in [7, 11) is 0. The van der Waals surface area contributed by atoms with Gasteiger partial charge in [0.2, 0.25) is 0 Å². The molecule has 0 fully saturated rings. The molecule has 0 aliphatic heterocycles. The third kappa shape index (κ3) is 3.45. The van der Waals surface area contributed by atoms with E-state index in [1.807, 2.05) is 18.2 Å². The summed E-state index contributed by atoms with van der Waals surface area (Å²) >= 11 is 9.75. The highest BCUT2D eigenvalue weighted by molar-refractivity contribution is 9.10. The van der Waals surface area contributed by atoms with E-state index >= 15 is 0 Å². The van der Waals surface area contributed by atoms with Gasteiger partial charge in [0.15, 0.2) is 0 Å². The fourth-order valence-electron chi connectivity index (χ4n) is 2.45. The lowest BCUT2D eigenvalue weighted by Gasteiger charge is -2.11. The maximum Gasteiger partial charge on any atom is 0.124 e. The highest BCUT2D eigenvalue weighted by Gasteiger charge is 2.11. The van der Waals surface area contributed by atoms with Gasteiger partial charge in [-0.25, -0.2) is 4.39 Å². The molecule has 0 heterocycles. The Hall–Kier alpha value is -1.38. The van der Waals surface area contributed by atoms with Crippen LogP contribution in [-0.2, 0) is 6.42 Å². The standard InChI is InChI=1S/C18H13BrClF/c19-16-9-15(10-17(21)11-16)18(20)8-12-5-6-13-3-1-2-4-14(13)7-12/h1-7,9-11,18H,8H2. The van der Waals surface area contributed by atoms with Gasteiger partial charge in [0.25, 0.3) is 0 Å². The van der Waals surface area contributed by atoms with Crippen molar-refractivity contribution >= 4 is 38.3 Å². The largest absolute Gasteiger partial charge is 0.207 e. The Kier molecular flexibility index (Phi) is 4.27. The van der Waals surface area contributed by atoms with E-state index in [9.17, 15) is 4.39 Å². The van der Waals surface area contributed by atoms with Gasteiger partial charge in [-0.05, 0) is 46.5 Å². The molecule has 0 amide bonds. The number of hydrogen-bond acceptors (Lipinski definition) is 0. The molecule has 0 spiro atoms. The van der Waals surface area contributed by atoms with Gasteiger partial charge in [-0.15, -0.1) is 11.6 Å². The highest BCUT2D eigenvalue weighted by atomic mass is 79.9. The fraction of sp³-hybridized carbons (Fsp3) is 0.111. The van der Waals surface area contributed by atoms with Crippen molar-refractivity contribution < 1.29 is 4.39 Å². The zero-order valence-corrected chi connectivity index (χ0v) is 13.5. The molecule has 106 valence electrons. The van der Waals surface area contributed by atoms with Crippen LogP contribution in [0, 0.1) is 5.82 Å². The van der Waals surface area contributed by atoms with Crippen molar-refractivity contribution in [2.75, 3.05) is 0 Å². The van der Waals surface area contributed by atoms with Gasteiger partial charge in [0.05, 0.1) is 5.38 Å². The topological polar surface area (TPSA) is 0 Å². The second-order valence-corrected chi connectivity index (χ2v) is 6.50. The second kappa shape index (κ2) is 6.17. The van der Waals surface area contributed by atoms with Crippen LogP contribution in [0.2, 0.25) is 0 Å². The monoisotopic (exact) mass is 362 g/mol. The summed E-state index contributed by atoms with van der Waals surface area (Å²) in [5.41, 5.74) is 1.94. The minimum atomic E-state index is -0.275. The van der Waals surface area contributed by atoms with Gasteiger partial charge in [-0.1, -0.05) is 58.4 Å². The van der Waals surface area contributed by atoms with Crippen molar-refractivity contribution in [2.45, 2.75) is 11.8 Å². The number of fused-ring (bicyclic) bond motifs is 1. The van der Waals surface area contributed by atoms with Crippen molar-refractivity contribution in [3.8, 4) is 0 Å². The van der Waals surface area contributed by atoms with E-state index in [4.69, 9.17) is 11.6 Å². The van der Waals surface area contributed by atoms with Crippen LogP contribution in [0.5, 0.6) is 0 Å². The lowest BCUT2D eigenvalue weighted by molar-refractivity contribution is 0.623. The Labute approximate surface area is 136 Å². The summed E-state index contributed by atoms with van der Waals surface area (Å²) in [6, 6.07) is 19.3. The molecule has 0 saturated carbocycles. The van der Waals surface area contributed by atoms with E-state index in [0.29, 0.717) is 10.9 Å². The summed E-state index contributed by atoms with van der Waals surface area (Å²) in [5.74, 6) is -0.275. The van der Waals surface area contributed by atoms with Crippen molar-refractivity contribution in [3.63, 3.8) is 0 Å². The lowest BCUT2D eigenvalue weighted by Crippen LogP contribution is -1.97. The molecular weight excluding hydrogens is 351 g/mol. The fourth-order valence-corrected chi connectivity index (χ4v) is 3.23. The van der Waals surface area contributed by atoms with Crippen LogP contribution in [0.3, 0.4) is 0 Å². The minimum absolute atomic E-state index is 0.252. The lowest BCUT2D eigenvalue weighted by atomic mass is 10.0. The summed E-state index contributed by atoms with van der Waals surface area (Å²) in [6.07, 6.45) is 0.669. The molecule has 1 unspecified atom stereocenters. The van der Waals surface area contributed by atoms with Crippen LogP contribution in [0.4, 0.5) is 4.39 Å². The Bertz CT molecular complexity index is 765. The first-order chi connectivity index (χ1) is 10.1. The Morgan fingerprint density at radius 1 is 0.952 bits per heavy atom. The first kappa shape index (κ1) is 14.6. The number of benzene rings is 3. The van der Waals surface area contributed by atoms with Gasteiger partial charge in [-0.3, -0.25) is 0 Å². The molecule has 0 radical (unpaired) electrons. The molecule has 3 aromatic rings. The van der Waals surface area contributed by atoms with Crippen LogP contribution < -0.4 is 0 Å². The van der Waals surface area contributed by atoms with Gasteiger partial charge >= 0.3 is 0 Å². The van der Waals surface area contributed by atoms with Crippen LogP contribution in [0.25, 0.3) is 10.8 Å². The van der Waals surface area contributed by atoms with Crippen molar-refractivity contribution in [3.05, 3.63) is 82.1 Å². The van der Waals surface area contributed by atoms with Gasteiger partial charge in [-0.2, -0.15) is 0 Å². The van der Waals surface area contributed by atoms with Crippen LogP contribution in [-0.4, -0.2) is 0 Å². The van der Waals surface area contributed by atoms with E-state index in [-0.39, 0.29) is 11.2 Å². The molecule has 21 heavy (non-hydrogen) atoms. The third-order valence-electron chi connectivity index (χ3n) is 3.48. The Morgan fingerprint density at radius 2 is 1.71 bits per heavy atom. The molecule has 0 bridgehead atoms. The molecule has 3 rings (SSSR count). The first-order valence-corrected chi connectivity index (χ1v) is 7.92. The van der Waals surface area contributed by atoms with Crippen LogP contribution in [0.1, 0.15) is 16.5 Å². The number of hydrogen-bond donors (Lipinski definition) is 0. The number of halogens is 3. The quantitative estimate of drug-likeness (QED) is 0.481. The van der Waals surface area contributed by atoms with E-state index in [1.165, 1.54) is 22.9 Å². The van der Waals surface area contributed by atoms with Gasteiger partial charge in [0, 0.05) is 4.47 Å². The molecule has 0 N–H and O–H groups in total. The van der Waals surface area contributed by atoms with Crippen molar-refractivity contribution in [1.29, 1.82) is 0 Å². The third-order valence-corrected chi connectivity index (χ3v) is 4.34. The molecule has 3 aromatic carbocycles. The molecule has 0 aromatic heterocycles. The molecule has 0 aliphatic rings. The smallest absolute Gasteiger partial charge is 0.124 e. The molecule has 0 aliphatic carbocycles. The summed E-state index contributed by atoms with van der Waals surface area (Å²) in [5, 5.41) is 2.15. The zero-order chi connectivity index (χ0) is 14.8. The normalized spacial score (nSPS) is 12.5. The SMILES string of the molecule is Fc1cc(Br)cc(C(Cl)Cc2ccc3ccccc3c2)c1. The van der Waals surface area contributed by atoms with Gasteiger partial charge < -0.3 is 0 Å². The average molecular weight is 364 g/mol. The first-order valence-electron chi connectivity index (χ1n) is 6.69. The predicted molar refractivity (Wildman–Crippen MR) is 90.3 cm³/mol. The predicted octanol–water partition coefficient (Wildman–Crippen LogP) is 6.26. The van der Waals surface area contributed by atoms with E-state index in [2.05, 4.69) is 46.3 Å². The summed E-state index contributed by atoms with van der Waals surface area (Å²) in [4.78, 5) is 0. The maximum absolute atomic E-state index is 13.4. The van der Waals surface area contributed by atoms with Crippen LogP contribution >= 0.6 is 27.5 Å². The number of rotatable bonds is 3. The molecule has 3 heteroatoms. The summed E-state index contributed by atoms with van der Waals surface area (Å²) < 4.78 is 14.2. The summed E-state index contributed by atoms with van der Waals surface area (Å²) in [6.45, 7) is 0. The van der Waals surface area contributed by atoms with Crippen molar-refractivity contribution in [1.82, 2.24) is 0 Å². The maximum atomic E-state index is 13.4. The zero-order valence-electron chi connectivity index (χ0n) is 11.2. The van der Waals surface area contributed by atoms with E-state index < -0.39 is 0 Å². The molecule has 0 nitrogen and oxygen atoms in total. The van der Waals surface area contributed by atoms with Gasteiger partial charge in [0.1, 0.15) is 5.82 Å². The molecular formula is C18H13BrClF. The number of alkyl halides is 1. The highest BCUT2D eigenvalue weighted by Crippen LogP contribution is 2.29. The minimum Gasteiger partial charge on any atom is -0.207 e. The van der Waals surface area contributed by atoms with Crippen molar-refractivity contribution in [2.24, 2.45) is 0 Å². The average Bonchev–Trinajstić information content (AvgIpc) is 2.46. The molecule has 0 saturated heterocycles. The Morgan fingerprint density at radius 3 is 2.48 bits per heavy atom. The second-order valence-electron chi connectivity index (χ2n) is 5.06.